The average Bonchev–Trinajstić information content (AvgIpc) is 3.27. The number of carbonyl (C=O) groups excluding carboxylic acids is 1. The van der Waals surface area contributed by atoms with Crippen LogP contribution >= 0.6 is 0 Å². The Bertz CT molecular complexity index is 1120. The quantitative estimate of drug-likeness (QED) is 0.341. The molecule has 2 aromatic carbocycles. The van der Waals surface area contributed by atoms with Gasteiger partial charge in [0.05, 0.1) is 25.2 Å². The van der Waals surface area contributed by atoms with Gasteiger partial charge in [0.2, 0.25) is 17.6 Å². The molecule has 0 unspecified atom stereocenters. The standard InChI is InChI=1S/C22H23FN4O6/c1-31-18-12-15(17(27(29)30)13-19(18)32-2)10-11-24-20(28)4-3-5-21-25-22(26-33-21)14-6-8-16(23)9-7-14/h6-9,12-13H,3-5,10-11H2,1-2H3,(H,24,28). The lowest BCUT2D eigenvalue weighted by atomic mass is 10.1. The van der Waals surface area contributed by atoms with Crippen molar-refractivity contribution in [2.75, 3.05) is 20.8 Å². The minimum Gasteiger partial charge on any atom is -0.493 e. The third kappa shape index (κ3) is 6.25. The summed E-state index contributed by atoms with van der Waals surface area (Å²) in [6.07, 6.45) is 1.37. The van der Waals surface area contributed by atoms with Crippen LogP contribution in [0, 0.1) is 15.9 Å². The van der Waals surface area contributed by atoms with Crippen LogP contribution in [0.15, 0.2) is 40.9 Å². The second-order valence-electron chi connectivity index (χ2n) is 7.07. The molecule has 11 heteroatoms. The summed E-state index contributed by atoms with van der Waals surface area (Å²) in [7, 11) is 2.85. The fourth-order valence-corrected chi connectivity index (χ4v) is 3.18. The molecule has 0 aliphatic carbocycles. The zero-order valence-corrected chi connectivity index (χ0v) is 18.2. The number of nitro groups is 1. The maximum Gasteiger partial charge on any atom is 0.276 e. The van der Waals surface area contributed by atoms with Crippen LogP contribution in [0.1, 0.15) is 24.3 Å². The molecular weight excluding hydrogens is 435 g/mol. The Kier molecular flexibility index (Phi) is 7.90. The monoisotopic (exact) mass is 458 g/mol. The van der Waals surface area contributed by atoms with Gasteiger partial charge >= 0.3 is 0 Å². The minimum absolute atomic E-state index is 0.102. The molecule has 0 fully saturated rings. The molecule has 3 aromatic rings. The zero-order chi connectivity index (χ0) is 23.8. The molecule has 0 saturated heterocycles. The summed E-state index contributed by atoms with van der Waals surface area (Å²) in [5.74, 6) is 0.823. The summed E-state index contributed by atoms with van der Waals surface area (Å²) in [6, 6.07) is 8.58. The molecular formula is C22H23FN4O6. The molecule has 3 rings (SSSR count). The van der Waals surface area contributed by atoms with Crippen molar-refractivity contribution in [1.82, 2.24) is 15.5 Å². The number of amides is 1. The van der Waals surface area contributed by atoms with Crippen molar-refractivity contribution in [3.8, 4) is 22.9 Å². The van der Waals surface area contributed by atoms with Crippen molar-refractivity contribution in [2.24, 2.45) is 0 Å². The van der Waals surface area contributed by atoms with Gasteiger partial charge in [-0.3, -0.25) is 14.9 Å². The number of nitro benzene ring substituents is 1. The highest BCUT2D eigenvalue weighted by molar-refractivity contribution is 5.75. The van der Waals surface area contributed by atoms with Gasteiger partial charge in [-0.15, -0.1) is 0 Å². The smallest absolute Gasteiger partial charge is 0.276 e. The summed E-state index contributed by atoms with van der Waals surface area (Å²) in [5.41, 5.74) is 0.959. The molecule has 10 nitrogen and oxygen atoms in total. The predicted octanol–water partition coefficient (Wildman–Crippen LogP) is 3.48. The van der Waals surface area contributed by atoms with E-state index in [4.69, 9.17) is 14.0 Å². The summed E-state index contributed by atoms with van der Waals surface area (Å²) in [4.78, 5) is 27.2. The van der Waals surface area contributed by atoms with Gasteiger partial charge in [0, 0.05) is 30.5 Å². The van der Waals surface area contributed by atoms with Crippen molar-refractivity contribution >= 4 is 11.6 Å². The molecule has 0 atom stereocenters. The number of carbonyl (C=O) groups is 1. The molecule has 0 spiro atoms. The van der Waals surface area contributed by atoms with Crippen molar-refractivity contribution in [1.29, 1.82) is 0 Å². The first-order valence-corrected chi connectivity index (χ1v) is 10.2. The number of nitrogens with zero attached hydrogens (tertiary/aromatic N) is 3. The van der Waals surface area contributed by atoms with Gasteiger partial charge in [0.15, 0.2) is 11.5 Å². The van der Waals surface area contributed by atoms with Crippen molar-refractivity contribution in [3.63, 3.8) is 0 Å². The van der Waals surface area contributed by atoms with Crippen LogP contribution in [-0.2, 0) is 17.6 Å². The molecule has 1 aromatic heterocycles. The van der Waals surface area contributed by atoms with Gasteiger partial charge in [-0.25, -0.2) is 4.39 Å². The fourth-order valence-electron chi connectivity index (χ4n) is 3.18. The number of aryl methyl sites for hydroxylation is 1. The first-order valence-electron chi connectivity index (χ1n) is 10.2. The molecule has 33 heavy (non-hydrogen) atoms. The average molecular weight is 458 g/mol. The Balaban J connectivity index is 1.47. The molecule has 0 saturated carbocycles. The molecule has 174 valence electrons. The molecule has 1 heterocycles. The van der Waals surface area contributed by atoms with E-state index in [9.17, 15) is 19.3 Å². The Morgan fingerprint density at radius 3 is 2.52 bits per heavy atom. The lowest BCUT2D eigenvalue weighted by Crippen LogP contribution is -2.25. The van der Waals surface area contributed by atoms with E-state index in [0.717, 1.165) is 0 Å². The van der Waals surface area contributed by atoms with Gasteiger partial charge in [-0.05, 0) is 43.2 Å². The largest absolute Gasteiger partial charge is 0.493 e. The topological polar surface area (TPSA) is 130 Å². The van der Waals surface area contributed by atoms with Crippen molar-refractivity contribution in [2.45, 2.75) is 25.7 Å². The summed E-state index contributed by atoms with van der Waals surface area (Å²) in [6.45, 7) is 0.227. The fraction of sp³-hybridized carbons (Fsp3) is 0.318. The van der Waals surface area contributed by atoms with E-state index in [1.165, 1.54) is 38.5 Å². The van der Waals surface area contributed by atoms with E-state index < -0.39 is 4.92 Å². The lowest BCUT2D eigenvalue weighted by Gasteiger charge is -2.11. The van der Waals surface area contributed by atoms with Crippen molar-refractivity contribution in [3.05, 3.63) is 63.8 Å². The number of ether oxygens (including phenoxy) is 2. The SMILES string of the molecule is COc1cc(CCNC(=O)CCCc2nc(-c3ccc(F)cc3)no2)c([N+](=O)[O-])cc1OC. The number of hydrogen-bond donors (Lipinski definition) is 1. The molecule has 0 radical (unpaired) electrons. The number of rotatable bonds is 11. The van der Waals surface area contributed by atoms with E-state index in [-0.39, 0.29) is 42.5 Å². The van der Waals surface area contributed by atoms with E-state index in [1.807, 2.05) is 0 Å². The molecule has 0 aliphatic heterocycles. The van der Waals surface area contributed by atoms with Gasteiger partial charge in [-0.1, -0.05) is 5.16 Å². The number of benzene rings is 2. The summed E-state index contributed by atoms with van der Waals surface area (Å²) < 4.78 is 28.5. The highest BCUT2D eigenvalue weighted by atomic mass is 19.1. The summed E-state index contributed by atoms with van der Waals surface area (Å²) in [5, 5.41) is 18.0. The van der Waals surface area contributed by atoms with E-state index in [1.54, 1.807) is 12.1 Å². The minimum atomic E-state index is -0.496. The molecule has 1 N–H and O–H groups in total. The van der Waals surface area contributed by atoms with Crippen LogP contribution in [0.4, 0.5) is 10.1 Å². The third-order valence-electron chi connectivity index (χ3n) is 4.86. The second-order valence-corrected chi connectivity index (χ2v) is 7.07. The van der Waals surface area contributed by atoms with Crippen LogP contribution < -0.4 is 14.8 Å². The van der Waals surface area contributed by atoms with E-state index >= 15 is 0 Å². The second kappa shape index (κ2) is 11.0. The zero-order valence-electron chi connectivity index (χ0n) is 18.2. The van der Waals surface area contributed by atoms with Gasteiger partial charge < -0.3 is 19.3 Å². The molecule has 0 bridgehead atoms. The lowest BCUT2D eigenvalue weighted by molar-refractivity contribution is -0.385. The Morgan fingerprint density at radius 2 is 1.85 bits per heavy atom. The predicted molar refractivity (Wildman–Crippen MR) is 116 cm³/mol. The van der Waals surface area contributed by atoms with Gasteiger partial charge in [0.25, 0.3) is 5.69 Å². The molecule has 0 aliphatic rings. The third-order valence-corrected chi connectivity index (χ3v) is 4.86. The summed E-state index contributed by atoms with van der Waals surface area (Å²) >= 11 is 0. The maximum absolute atomic E-state index is 13.0. The normalized spacial score (nSPS) is 10.6. The first-order chi connectivity index (χ1) is 15.9. The number of halogens is 1. The van der Waals surface area contributed by atoms with E-state index in [0.29, 0.717) is 41.4 Å². The van der Waals surface area contributed by atoms with Crippen LogP contribution in [0.3, 0.4) is 0 Å². The van der Waals surface area contributed by atoms with Gasteiger partial charge in [-0.2, -0.15) is 4.98 Å². The Morgan fingerprint density at radius 1 is 1.15 bits per heavy atom. The van der Waals surface area contributed by atoms with Crippen LogP contribution in [0.5, 0.6) is 11.5 Å². The Labute approximate surface area is 188 Å². The van der Waals surface area contributed by atoms with Gasteiger partial charge in [0.1, 0.15) is 5.82 Å². The number of hydrogen-bond acceptors (Lipinski definition) is 8. The highest BCUT2D eigenvalue weighted by Gasteiger charge is 2.19. The van der Waals surface area contributed by atoms with Crippen LogP contribution in [0.25, 0.3) is 11.4 Å². The van der Waals surface area contributed by atoms with Crippen LogP contribution in [-0.4, -0.2) is 41.7 Å². The maximum atomic E-state index is 13.0. The highest BCUT2D eigenvalue weighted by Crippen LogP contribution is 2.34. The number of methoxy groups -OCH3 is 2. The number of nitrogens with one attached hydrogen (secondary N) is 1. The van der Waals surface area contributed by atoms with Crippen LogP contribution in [0.2, 0.25) is 0 Å². The first kappa shape index (κ1) is 23.6. The Hall–Kier alpha value is -4.02. The molecule has 1 amide bonds. The van der Waals surface area contributed by atoms with Crippen molar-refractivity contribution < 1.29 is 28.1 Å². The van der Waals surface area contributed by atoms with E-state index in [2.05, 4.69) is 15.5 Å². The number of aromatic nitrogens is 2.